The third-order valence-electron chi connectivity index (χ3n) is 4.63. The van der Waals surface area contributed by atoms with Gasteiger partial charge in [-0.25, -0.2) is 8.42 Å². The van der Waals surface area contributed by atoms with Crippen LogP contribution >= 0.6 is 0 Å². The quantitative estimate of drug-likeness (QED) is 0.782. The fourth-order valence-corrected chi connectivity index (χ4v) is 4.07. The van der Waals surface area contributed by atoms with Crippen molar-refractivity contribution in [1.82, 2.24) is 24.4 Å². The van der Waals surface area contributed by atoms with Gasteiger partial charge in [0.2, 0.25) is 15.9 Å². The first kappa shape index (κ1) is 19.3. The number of sulfonamides is 1. The normalized spacial score (nSPS) is 17.8. The van der Waals surface area contributed by atoms with Gasteiger partial charge in [-0.05, 0) is 13.0 Å². The van der Waals surface area contributed by atoms with Crippen molar-refractivity contribution in [3.8, 4) is 5.75 Å². The first-order valence-electron chi connectivity index (χ1n) is 8.56. The number of carbonyl (C=O) groups is 1. The summed E-state index contributed by atoms with van der Waals surface area (Å²) in [5.41, 5.74) is 0.836. The third-order valence-corrected chi connectivity index (χ3v) is 5.90. The average Bonchev–Trinajstić information content (AvgIpc) is 2.88. The molecule has 0 radical (unpaired) electrons. The zero-order valence-corrected chi connectivity index (χ0v) is 16.4. The minimum atomic E-state index is -3.43. The molecule has 1 unspecified atom stereocenters. The number of nitrogens with zero attached hydrogens (tertiary/aromatic N) is 4. The molecular formula is C17H23N5O4S. The second-order valence-corrected chi connectivity index (χ2v) is 8.43. The van der Waals surface area contributed by atoms with Crippen LogP contribution in [0.5, 0.6) is 5.75 Å². The summed E-state index contributed by atoms with van der Waals surface area (Å²) in [5.74, 6) is 1.58. The first-order chi connectivity index (χ1) is 12.8. The molecule has 2 heterocycles. The highest BCUT2D eigenvalue weighted by Gasteiger charge is 2.33. The Balaban J connectivity index is 1.84. The van der Waals surface area contributed by atoms with Crippen LogP contribution in [0.3, 0.4) is 0 Å². The van der Waals surface area contributed by atoms with Crippen molar-refractivity contribution in [1.29, 1.82) is 0 Å². The molecule has 0 saturated carbocycles. The summed E-state index contributed by atoms with van der Waals surface area (Å²) in [6.45, 7) is 2.34. The Hall–Kier alpha value is -2.46. The highest BCUT2D eigenvalue weighted by molar-refractivity contribution is 7.88. The number of amides is 1. The molecular weight excluding hydrogens is 370 g/mol. The number of hydrogen-bond donors (Lipinski definition) is 1. The van der Waals surface area contributed by atoms with Gasteiger partial charge in [0.25, 0.3) is 0 Å². The van der Waals surface area contributed by atoms with Crippen LogP contribution in [-0.2, 0) is 27.8 Å². The van der Waals surface area contributed by atoms with E-state index in [1.54, 1.807) is 18.6 Å². The van der Waals surface area contributed by atoms with Crippen molar-refractivity contribution >= 4 is 15.9 Å². The third kappa shape index (κ3) is 4.11. The molecule has 1 aliphatic rings. The summed E-state index contributed by atoms with van der Waals surface area (Å²) >= 11 is 0. The highest BCUT2D eigenvalue weighted by Crippen LogP contribution is 2.22. The molecule has 9 nitrogen and oxygen atoms in total. The van der Waals surface area contributed by atoms with Gasteiger partial charge in [-0.3, -0.25) is 4.79 Å². The van der Waals surface area contributed by atoms with E-state index in [0.29, 0.717) is 23.8 Å². The Morgan fingerprint density at radius 2 is 2.07 bits per heavy atom. The number of rotatable bonds is 5. The van der Waals surface area contributed by atoms with Crippen molar-refractivity contribution in [3.63, 3.8) is 0 Å². The average molecular weight is 393 g/mol. The molecule has 0 spiro atoms. The number of para-hydroxylation sites is 1. The molecule has 0 aliphatic carbocycles. The number of aromatic nitrogens is 3. The molecule has 0 bridgehead atoms. The van der Waals surface area contributed by atoms with Crippen LogP contribution in [0.4, 0.5) is 0 Å². The monoisotopic (exact) mass is 393 g/mol. The van der Waals surface area contributed by atoms with Crippen molar-refractivity contribution in [2.75, 3.05) is 26.5 Å². The van der Waals surface area contributed by atoms with Crippen LogP contribution < -0.4 is 10.1 Å². The van der Waals surface area contributed by atoms with Crippen LogP contribution in [-0.4, -0.2) is 59.8 Å². The standard InChI is InChI=1S/C17H23N5O4S/c1-12-19-20-16-8-9-21(27(3,24)25)11-14(22(12)16)17(23)18-10-13-6-4-5-7-15(13)26-2/h4-7,14H,8-11H2,1-3H3,(H,18,23). The van der Waals surface area contributed by atoms with Crippen molar-refractivity contribution in [2.45, 2.75) is 25.9 Å². The van der Waals surface area contributed by atoms with Gasteiger partial charge < -0.3 is 14.6 Å². The molecule has 1 N–H and O–H groups in total. The number of carbonyl (C=O) groups excluding carboxylic acids is 1. The molecule has 1 atom stereocenters. The van der Waals surface area contributed by atoms with Gasteiger partial charge in [-0.2, -0.15) is 4.31 Å². The lowest BCUT2D eigenvalue weighted by Gasteiger charge is -2.23. The lowest BCUT2D eigenvalue weighted by molar-refractivity contribution is -0.124. The maximum atomic E-state index is 13.0. The first-order valence-corrected chi connectivity index (χ1v) is 10.4. The number of methoxy groups -OCH3 is 1. The minimum absolute atomic E-state index is 0.0441. The molecule has 10 heteroatoms. The molecule has 1 aromatic heterocycles. The minimum Gasteiger partial charge on any atom is -0.496 e. The van der Waals surface area contributed by atoms with E-state index in [1.165, 1.54) is 4.31 Å². The Morgan fingerprint density at radius 1 is 1.33 bits per heavy atom. The van der Waals surface area contributed by atoms with Crippen LogP contribution in [0.25, 0.3) is 0 Å². The Labute approximate surface area is 158 Å². The van der Waals surface area contributed by atoms with E-state index in [1.807, 2.05) is 24.3 Å². The Bertz CT molecular complexity index is 941. The number of benzene rings is 1. The zero-order valence-electron chi connectivity index (χ0n) is 15.5. The SMILES string of the molecule is COc1ccccc1CNC(=O)C1CN(S(C)(=O)=O)CCc2nnc(C)n21. The fourth-order valence-electron chi connectivity index (χ4n) is 3.23. The molecule has 2 aromatic rings. The van der Waals surface area contributed by atoms with Crippen LogP contribution in [0, 0.1) is 6.92 Å². The van der Waals surface area contributed by atoms with Crippen molar-refractivity contribution in [3.05, 3.63) is 41.5 Å². The van der Waals surface area contributed by atoms with Gasteiger partial charge in [0.1, 0.15) is 23.4 Å². The number of nitrogens with one attached hydrogen (secondary N) is 1. The van der Waals surface area contributed by atoms with E-state index < -0.39 is 16.1 Å². The topological polar surface area (TPSA) is 106 Å². The van der Waals surface area contributed by atoms with E-state index in [4.69, 9.17) is 4.74 Å². The molecule has 3 rings (SSSR count). The van der Waals surface area contributed by atoms with Gasteiger partial charge in [0.15, 0.2) is 0 Å². The summed E-state index contributed by atoms with van der Waals surface area (Å²) in [7, 11) is -1.86. The Morgan fingerprint density at radius 3 is 2.78 bits per heavy atom. The molecule has 1 aliphatic heterocycles. The van der Waals surface area contributed by atoms with Crippen molar-refractivity contribution < 1.29 is 17.9 Å². The van der Waals surface area contributed by atoms with Crippen LogP contribution in [0.15, 0.2) is 24.3 Å². The van der Waals surface area contributed by atoms with E-state index in [-0.39, 0.29) is 25.5 Å². The maximum absolute atomic E-state index is 13.0. The fraction of sp³-hybridized carbons (Fsp3) is 0.471. The number of ether oxygens (including phenoxy) is 1. The molecule has 1 aromatic carbocycles. The summed E-state index contributed by atoms with van der Waals surface area (Å²) < 4.78 is 32.5. The molecule has 0 fully saturated rings. The number of aryl methyl sites for hydroxylation is 1. The lowest BCUT2D eigenvalue weighted by Crippen LogP contribution is -2.41. The second-order valence-electron chi connectivity index (χ2n) is 6.45. The second kappa shape index (κ2) is 7.65. The zero-order chi connectivity index (χ0) is 19.6. The number of hydrogen-bond acceptors (Lipinski definition) is 6. The van der Waals surface area contributed by atoms with Gasteiger partial charge in [-0.15, -0.1) is 10.2 Å². The summed E-state index contributed by atoms with van der Waals surface area (Å²) in [4.78, 5) is 13.0. The van der Waals surface area contributed by atoms with Gasteiger partial charge in [-0.1, -0.05) is 18.2 Å². The largest absolute Gasteiger partial charge is 0.496 e. The predicted molar refractivity (Wildman–Crippen MR) is 98.8 cm³/mol. The van der Waals surface area contributed by atoms with E-state index in [9.17, 15) is 13.2 Å². The summed E-state index contributed by atoms with van der Waals surface area (Å²) in [6.07, 6.45) is 1.56. The lowest BCUT2D eigenvalue weighted by atomic mass is 10.2. The van der Waals surface area contributed by atoms with Crippen LogP contribution in [0.1, 0.15) is 23.3 Å². The van der Waals surface area contributed by atoms with E-state index in [2.05, 4.69) is 15.5 Å². The van der Waals surface area contributed by atoms with Gasteiger partial charge >= 0.3 is 0 Å². The molecule has 146 valence electrons. The smallest absolute Gasteiger partial charge is 0.244 e. The van der Waals surface area contributed by atoms with E-state index >= 15 is 0 Å². The molecule has 0 saturated heterocycles. The number of fused-ring (bicyclic) bond motifs is 1. The van der Waals surface area contributed by atoms with Gasteiger partial charge in [0.05, 0.1) is 13.4 Å². The maximum Gasteiger partial charge on any atom is 0.244 e. The predicted octanol–water partition coefficient (Wildman–Crippen LogP) is 0.270. The summed E-state index contributed by atoms with van der Waals surface area (Å²) in [6, 6.07) is 6.67. The highest BCUT2D eigenvalue weighted by atomic mass is 32.2. The summed E-state index contributed by atoms with van der Waals surface area (Å²) in [5, 5.41) is 11.0. The van der Waals surface area contributed by atoms with Crippen LogP contribution in [0.2, 0.25) is 0 Å². The van der Waals surface area contributed by atoms with Gasteiger partial charge in [0, 0.05) is 31.6 Å². The van der Waals surface area contributed by atoms with E-state index in [0.717, 1.165) is 11.8 Å². The Kier molecular flexibility index (Phi) is 5.47. The molecule has 27 heavy (non-hydrogen) atoms. The molecule has 1 amide bonds. The van der Waals surface area contributed by atoms with Crippen molar-refractivity contribution in [2.24, 2.45) is 0 Å².